The summed E-state index contributed by atoms with van der Waals surface area (Å²) in [5.74, 6) is 1.60. The first-order valence-electron chi connectivity index (χ1n) is 12.2. The Hall–Kier alpha value is -3.49. The van der Waals surface area contributed by atoms with E-state index >= 15 is 0 Å². The molecule has 8 heteroatoms. The molecule has 4 aromatic rings. The summed E-state index contributed by atoms with van der Waals surface area (Å²) in [6.07, 6.45) is 0.771. The molecule has 0 radical (unpaired) electrons. The van der Waals surface area contributed by atoms with Crippen molar-refractivity contribution in [2.24, 2.45) is 0 Å². The van der Waals surface area contributed by atoms with Crippen molar-refractivity contribution in [2.45, 2.75) is 26.4 Å². The summed E-state index contributed by atoms with van der Waals surface area (Å²) in [5, 5.41) is 18.3. The smallest absolute Gasteiger partial charge is 0.179 e. The maximum absolute atomic E-state index is 6.66. The van der Waals surface area contributed by atoms with Gasteiger partial charge in [-0.15, -0.1) is 5.10 Å². The molecule has 35 heavy (non-hydrogen) atoms. The fourth-order valence-corrected chi connectivity index (χ4v) is 4.66. The Balaban J connectivity index is 1.57. The molecule has 1 aliphatic heterocycles. The molecule has 2 aromatic carbocycles. The van der Waals surface area contributed by atoms with E-state index in [0.29, 0.717) is 13.2 Å². The minimum Gasteiger partial charge on any atom is -0.483 e. The second kappa shape index (κ2) is 10.4. The first-order valence-corrected chi connectivity index (χ1v) is 12.2. The molecular weight excluding hydrogens is 440 g/mol. The molecule has 0 amide bonds. The summed E-state index contributed by atoms with van der Waals surface area (Å²) in [7, 11) is 1.96. The van der Waals surface area contributed by atoms with Crippen LogP contribution in [0.5, 0.6) is 5.75 Å². The van der Waals surface area contributed by atoms with Crippen molar-refractivity contribution in [1.82, 2.24) is 25.3 Å². The van der Waals surface area contributed by atoms with Crippen molar-refractivity contribution >= 4 is 16.7 Å². The van der Waals surface area contributed by atoms with Crippen LogP contribution in [-0.4, -0.2) is 59.9 Å². The lowest BCUT2D eigenvalue weighted by Gasteiger charge is -2.27. The minimum absolute atomic E-state index is 0.0796. The van der Waals surface area contributed by atoms with Crippen LogP contribution in [0.25, 0.3) is 16.6 Å². The molecule has 1 atom stereocenters. The highest BCUT2D eigenvalue weighted by Crippen LogP contribution is 2.34. The van der Waals surface area contributed by atoms with E-state index in [1.54, 1.807) is 0 Å². The fourth-order valence-electron chi connectivity index (χ4n) is 4.66. The van der Waals surface area contributed by atoms with Crippen molar-refractivity contribution in [2.75, 3.05) is 44.8 Å². The van der Waals surface area contributed by atoms with E-state index < -0.39 is 0 Å². The number of nitrogens with one attached hydrogen (secondary N) is 1. The van der Waals surface area contributed by atoms with Crippen molar-refractivity contribution in [3.05, 3.63) is 71.5 Å². The predicted molar refractivity (Wildman–Crippen MR) is 138 cm³/mol. The average Bonchev–Trinajstić information content (AvgIpc) is 3.25. The van der Waals surface area contributed by atoms with Crippen LogP contribution in [0.2, 0.25) is 0 Å². The van der Waals surface area contributed by atoms with E-state index in [9.17, 15) is 0 Å². The first-order chi connectivity index (χ1) is 17.2. The Morgan fingerprint density at radius 1 is 1.00 bits per heavy atom. The standard InChI is InChI=1S/C27H32N6O2/c1-19-25-20(2)33(31-26(25)27(30-29-19)32-15-17-34-18-16-32)22-11-7-8-12-24(22)35-23(13-14-28-3)21-9-5-4-6-10-21/h4-12,23,28H,13-18H2,1-3H3. The zero-order valence-electron chi connectivity index (χ0n) is 20.6. The Morgan fingerprint density at radius 2 is 1.74 bits per heavy atom. The molecule has 5 rings (SSSR count). The van der Waals surface area contributed by atoms with E-state index in [1.807, 2.05) is 42.9 Å². The number of aryl methyl sites for hydroxylation is 2. The molecular formula is C27H32N6O2. The van der Waals surface area contributed by atoms with E-state index in [0.717, 1.165) is 71.2 Å². The number of benzene rings is 2. The molecule has 0 aliphatic carbocycles. The van der Waals surface area contributed by atoms with Gasteiger partial charge < -0.3 is 19.7 Å². The summed E-state index contributed by atoms with van der Waals surface area (Å²) in [6, 6.07) is 18.5. The maximum Gasteiger partial charge on any atom is 0.179 e. The number of nitrogens with zero attached hydrogens (tertiary/aromatic N) is 5. The Labute approximate surface area is 205 Å². The van der Waals surface area contributed by atoms with Gasteiger partial charge >= 0.3 is 0 Å². The van der Waals surface area contributed by atoms with Crippen LogP contribution in [0.1, 0.15) is 29.5 Å². The number of ether oxygens (including phenoxy) is 2. The van der Waals surface area contributed by atoms with E-state index in [-0.39, 0.29) is 6.10 Å². The third-order valence-electron chi connectivity index (χ3n) is 6.49. The summed E-state index contributed by atoms with van der Waals surface area (Å²) < 4.78 is 14.2. The van der Waals surface area contributed by atoms with Crippen LogP contribution in [-0.2, 0) is 4.74 Å². The lowest BCUT2D eigenvalue weighted by Crippen LogP contribution is -2.37. The van der Waals surface area contributed by atoms with Crippen molar-refractivity contribution < 1.29 is 9.47 Å². The quantitative estimate of drug-likeness (QED) is 0.415. The van der Waals surface area contributed by atoms with Gasteiger partial charge in [0.2, 0.25) is 0 Å². The van der Waals surface area contributed by atoms with Crippen LogP contribution in [0.15, 0.2) is 54.6 Å². The molecule has 1 aliphatic rings. The zero-order valence-corrected chi connectivity index (χ0v) is 20.6. The fraction of sp³-hybridized carbons (Fsp3) is 0.370. The Bertz CT molecular complexity index is 1280. The molecule has 1 N–H and O–H groups in total. The highest BCUT2D eigenvalue weighted by Gasteiger charge is 2.24. The van der Waals surface area contributed by atoms with Gasteiger partial charge in [-0.05, 0) is 45.1 Å². The lowest BCUT2D eigenvalue weighted by molar-refractivity contribution is 0.122. The number of morpholine rings is 1. The minimum atomic E-state index is -0.0796. The molecule has 0 saturated carbocycles. The summed E-state index contributed by atoms with van der Waals surface area (Å²) >= 11 is 0. The van der Waals surface area contributed by atoms with Gasteiger partial charge in [-0.3, -0.25) is 0 Å². The third-order valence-corrected chi connectivity index (χ3v) is 6.49. The number of rotatable bonds is 8. The predicted octanol–water partition coefficient (Wildman–Crippen LogP) is 4.00. The molecule has 1 saturated heterocycles. The Kier molecular flexibility index (Phi) is 6.92. The van der Waals surface area contributed by atoms with Gasteiger partial charge in [0.15, 0.2) is 5.82 Å². The maximum atomic E-state index is 6.66. The summed E-state index contributed by atoms with van der Waals surface area (Å²) in [6.45, 7) is 7.85. The van der Waals surface area contributed by atoms with Crippen LogP contribution >= 0.6 is 0 Å². The van der Waals surface area contributed by atoms with Crippen molar-refractivity contribution in [3.8, 4) is 11.4 Å². The molecule has 0 bridgehead atoms. The molecule has 182 valence electrons. The lowest BCUT2D eigenvalue weighted by atomic mass is 10.1. The van der Waals surface area contributed by atoms with Crippen LogP contribution in [0, 0.1) is 13.8 Å². The normalized spacial score (nSPS) is 14.9. The van der Waals surface area contributed by atoms with Crippen molar-refractivity contribution in [3.63, 3.8) is 0 Å². The summed E-state index contributed by atoms with van der Waals surface area (Å²) in [4.78, 5) is 2.21. The second-order valence-corrected chi connectivity index (χ2v) is 8.81. The number of fused-ring (bicyclic) bond motifs is 1. The van der Waals surface area contributed by atoms with Crippen LogP contribution in [0.4, 0.5) is 5.82 Å². The van der Waals surface area contributed by atoms with Gasteiger partial charge in [-0.2, -0.15) is 10.2 Å². The molecule has 2 aromatic heterocycles. The SMILES string of the molecule is CNCCC(Oc1ccccc1-n1nc2c(N3CCOCC3)nnc(C)c2c1C)c1ccccc1. The highest BCUT2D eigenvalue weighted by atomic mass is 16.5. The first kappa shape index (κ1) is 23.3. The third kappa shape index (κ3) is 4.72. The van der Waals surface area contributed by atoms with Gasteiger partial charge in [0, 0.05) is 19.5 Å². The van der Waals surface area contributed by atoms with E-state index in [1.165, 1.54) is 0 Å². The average molecular weight is 473 g/mol. The topological polar surface area (TPSA) is 77.3 Å². The molecule has 0 spiro atoms. The molecule has 1 unspecified atom stereocenters. The number of anilines is 1. The highest BCUT2D eigenvalue weighted by molar-refractivity contribution is 5.92. The van der Waals surface area contributed by atoms with Crippen LogP contribution < -0.4 is 15.0 Å². The number of para-hydroxylation sites is 2. The summed E-state index contributed by atoms with van der Waals surface area (Å²) in [5.41, 5.74) is 4.80. The number of hydrogen-bond donors (Lipinski definition) is 1. The van der Waals surface area contributed by atoms with E-state index in [2.05, 4.69) is 57.7 Å². The molecule has 1 fully saturated rings. The van der Waals surface area contributed by atoms with Crippen molar-refractivity contribution in [1.29, 1.82) is 0 Å². The molecule has 3 heterocycles. The number of hydrogen-bond acceptors (Lipinski definition) is 7. The van der Waals surface area contributed by atoms with E-state index in [4.69, 9.17) is 14.6 Å². The monoisotopic (exact) mass is 472 g/mol. The largest absolute Gasteiger partial charge is 0.483 e. The second-order valence-electron chi connectivity index (χ2n) is 8.81. The zero-order chi connectivity index (χ0) is 24.2. The van der Waals surface area contributed by atoms with Gasteiger partial charge in [0.25, 0.3) is 0 Å². The van der Waals surface area contributed by atoms with Gasteiger partial charge in [-0.1, -0.05) is 42.5 Å². The van der Waals surface area contributed by atoms with Gasteiger partial charge in [0.05, 0.1) is 30.0 Å². The number of aromatic nitrogens is 4. The van der Waals surface area contributed by atoms with Crippen LogP contribution in [0.3, 0.4) is 0 Å². The van der Waals surface area contributed by atoms with Gasteiger partial charge in [0.1, 0.15) is 23.1 Å². The molecule has 8 nitrogen and oxygen atoms in total. The van der Waals surface area contributed by atoms with Gasteiger partial charge in [-0.25, -0.2) is 4.68 Å². The Morgan fingerprint density at radius 3 is 2.51 bits per heavy atom.